The number of carbonyl (C=O) groups is 1. The zero-order chi connectivity index (χ0) is 18.2. The number of hydrogen-bond acceptors (Lipinski definition) is 5. The monoisotopic (exact) mass is 361 g/mol. The van der Waals surface area contributed by atoms with Crippen molar-refractivity contribution in [1.29, 1.82) is 0 Å². The Balaban J connectivity index is 2.27. The van der Waals surface area contributed by atoms with Crippen LogP contribution in [0.2, 0.25) is 0 Å². The van der Waals surface area contributed by atoms with Crippen molar-refractivity contribution in [2.45, 2.75) is 6.92 Å². The molecule has 0 bridgehead atoms. The lowest BCUT2D eigenvalue weighted by Crippen LogP contribution is -2.19. The zero-order valence-electron chi connectivity index (χ0n) is 14.7. The van der Waals surface area contributed by atoms with Crippen LogP contribution in [-0.4, -0.2) is 49.8 Å². The highest BCUT2D eigenvalue weighted by atomic mass is 32.1. The van der Waals surface area contributed by atoms with E-state index in [2.05, 4.69) is 0 Å². The Morgan fingerprint density at radius 1 is 1.24 bits per heavy atom. The normalized spacial score (nSPS) is 11.6. The van der Waals surface area contributed by atoms with Gasteiger partial charge in [0.05, 0.1) is 12.2 Å². The quantitative estimate of drug-likeness (QED) is 0.690. The number of benzene rings is 1. The van der Waals surface area contributed by atoms with Crippen molar-refractivity contribution >= 4 is 29.0 Å². The minimum atomic E-state index is -0.952. The van der Waals surface area contributed by atoms with E-state index in [0.29, 0.717) is 24.7 Å². The van der Waals surface area contributed by atoms with Crippen LogP contribution in [0.4, 0.5) is 0 Å². The largest absolute Gasteiger partial charge is 0.490 e. The summed E-state index contributed by atoms with van der Waals surface area (Å²) >= 11 is 1.40. The van der Waals surface area contributed by atoms with Crippen LogP contribution < -0.4 is 9.47 Å². The molecule has 5 nitrogen and oxygen atoms in total. The first-order valence-corrected chi connectivity index (χ1v) is 8.92. The van der Waals surface area contributed by atoms with Gasteiger partial charge in [0, 0.05) is 11.4 Å². The Morgan fingerprint density at radius 2 is 2.04 bits per heavy atom. The average Bonchev–Trinajstić information content (AvgIpc) is 3.08. The number of hydrogen-bond donors (Lipinski definition) is 1. The molecule has 134 valence electrons. The van der Waals surface area contributed by atoms with Crippen LogP contribution in [-0.2, 0) is 4.79 Å². The first-order valence-electron chi connectivity index (χ1n) is 8.04. The van der Waals surface area contributed by atoms with Gasteiger partial charge < -0.3 is 19.5 Å². The summed E-state index contributed by atoms with van der Waals surface area (Å²) in [6.07, 6.45) is 1.65. The molecule has 6 heteroatoms. The fraction of sp³-hybridized carbons (Fsp3) is 0.316. The second kappa shape index (κ2) is 9.25. The van der Waals surface area contributed by atoms with E-state index in [0.717, 1.165) is 17.0 Å². The number of thiophene rings is 1. The number of rotatable bonds is 9. The molecule has 0 radical (unpaired) electrons. The van der Waals surface area contributed by atoms with E-state index < -0.39 is 5.97 Å². The molecule has 25 heavy (non-hydrogen) atoms. The number of ether oxygens (including phenoxy) is 2. The van der Waals surface area contributed by atoms with E-state index in [-0.39, 0.29) is 5.57 Å². The number of carboxylic acid groups (broad SMARTS) is 1. The van der Waals surface area contributed by atoms with Gasteiger partial charge in [0.15, 0.2) is 11.5 Å². The van der Waals surface area contributed by atoms with Crippen LogP contribution in [0.15, 0.2) is 35.7 Å². The smallest absolute Gasteiger partial charge is 0.337 e. The summed E-state index contributed by atoms with van der Waals surface area (Å²) in [6.45, 7) is 3.76. The maximum atomic E-state index is 11.6. The van der Waals surface area contributed by atoms with Gasteiger partial charge in [-0.2, -0.15) is 0 Å². The van der Waals surface area contributed by atoms with Gasteiger partial charge in [-0.25, -0.2) is 4.79 Å². The summed E-state index contributed by atoms with van der Waals surface area (Å²) < 4.78 is 11.4. The summed E-state index contributed by atoms with van der Waals surface area (Å²) in [4.78, 5) is 14.3. The van der Waals surface area contributed by atoms with E-state index >= 15 is 0 Å². The number of nitrogens with zero attached hydrogens (tertiary/aromatic N) is 1. The molecule has 1 heterocycles. The highest BCUT2D eigenvalue weighted by Gasteiger charge is 2.13. The molecule has 2 aromatic rings. The molecule has 0 aliphatic heterocycles. The van der Waals surface area contributed by atoms with Gasteiger partial charge in [-0.1, -0.05) is 12.1 Å². The molecule has 0 amide bonds. The van der Waals surface area contributed by atoms with Gasteiger partial charge in [-0.05, 0) is 56.2 Å². The topological polar surface area (TPSA) is 59.0 Å². The van der Waals surface area contributed by atoms with Gasteiger partial charge in [0.2, 0.25) is 0 Å². The van der Waals surface area contributed by atoms with Crippen molar-refractivity contribution < 1.29 is 19.4 Å². The van der Waals surface area contributed by atoms with Crippen molar-refractivity contribution in [3.05, 3.63) is 46.2 Å². The summed E-state index contributed by atoms with van der Waals surface area (Å²) in [7, 11) is 3.97. The molecule has 0 saturated heterocycles. The van der Waals surface area contributed by atoms with E-state index in [1.54, 1.807) is 12.1 Å². The Labute approximate surface area is 152 Å². The molecule has 1 aromatic carbocycles. The maximum absolute atomic E-state index is 11.6. The molecule has 2 rings (SSSR count). The third kappa shape index (κ3) is 5.62. The van der Waals surface area contributed by atoms with Crippen LogP contribution in [0.5, 0.6) is 11.5 Å². The van der Waals surface area contributed by atoms with Crippen LogP contribution in [0, 0.1) is 0 Å². The fourth-order valence-electron chi connectivity index (χ4n) is 2.18. The summed E-state index contributed by atoms with van der Waals surface area (Å²) in [5.74, 6) is 0.325. The highest BCUT2D eigenvalue weighted by Crippen LogP contribution is 2.31. The van der Waals surface area contributed by atoms with Crippen LogP contribution in [0.25, 0.3) is 11.6 Å². The van der Waals surface area contributed by atoms with E-state index in [9.17, 15) is 9.90 Å². The molecule has 0 fully saturated rings. The maximum Gasteiger partial charge on any atom is 0.337 e. The highest BCUT2D eigenvalue weighted by molar-refractivity contribution is 7.11. The average molecular weight is 361 g/mol. The van der Waals surface area contributed by atoms with Gasteiger partial charge in [0.25, 0.3) is 0 Å². The van der Waals surface area contributed by atoms with Crippen molar-refractivity contribution in [3.8, 4) is 11.5 Å². The molecule has 0 aliphatic carbocycles. The molecule has 1 aromatic heterocycles. The lowest BCUT2D eigenvalue weighted by Gasteiger charge is -2.14. The van der Waals surface area contributed by atoms with Crippen LogP contribution >= 0.6 is 11.3 Å². The summed E-state index contributed by atoms with van der Waals surface area (Å²) in [6, 6.07) is 9.10. The van der Waals surface area contributed by atoms with Crippen LogP contribution in [0.1, 0.15) is 17.4 Å². The van der Waals surface area contributed by atoms with Gasteiger partial charge in [-0.3, -0.25) is 0 Å². The number of aliphatic carboxylic acids is 1. The second-order valence-electron chi connectivity index (χ2n) is 5.63. The molecule has 0 aliphatic rings. The molecule has 0 spiro atoms. The molecular weight excluding hydrogens is 338 g/mol. The fourth-order valence-corrected chi connectivity index (χ4v) is 2.91. The minimum Gasteiger partial charge on any atom is -0.490 e. The Kier molecular flexibility index (Phi) is 7.03. The minimum absolute atomic E-state index is 0.263. The van der Waals surface area contributed by atoms with Crippen molar-refractivity contribution in [2.24, 2.45) is 0 Å². The molecule has 0 atom stereocenters. The predicted octanol–water partition coefficient (Wildman–Crippen LogP) is 3.71. The molecule has 0 unspecified atom stereocenters. The lowest BCUT2D eigenvalue weighted by atomic mass is 10.1. The third-order valence-electron chi connectivity index (χ3n) is 3.39. The first kappa shape index (κ1) is 19.0. The zero-order valence-corrected chi connectivity index (χ0v) is 15.5. The van der Waals surface area contributed by atoms with Gasteiger partial charge in [0.1, 0.15) is 6.61 Å². The van der Waals surface area contributed by atoms with Gasteiger partial charge >= 0.3 is 5.97 Å². The first-order chi connectivity index (χ1) is 12.0. The van der Waals surface area contributed by atoms with Crippen LogP contribution in [0.3, 0.4) is 0 Å². The summed E-state index contributed by atoms with van der Waals surface area (Å²) in [5.41, 5.74) is 1.02. The molecule has 0 saturated carbocycles. The number of likely N-dealkylation sites (N-methyl/N-ethyl adjacent to an activating group) is 1. The van der Waals surface area contributed by atoms with Crippen molar-refractivity contribution in [3.63, 3.8) is 0 Å². The van der Waals surface area contributed by atoms with E-state index in [1.165, 1.54) is 11.3 Å². The Hall–Kier alpha value is -2.31. The second-order valence-corrected chi connectivity index (χ2v) is 6.58. The predicted molar refractivity (Wildman–Crippen MR) is 101 cm³/mol. The van der Waals surface area contributed by atoms with Crippen molar-refractivity contribution in [2.75, 3.05) is 33.9 Å². The summed E-state index contributed by atoms with van der Waals surface area (Å²) in [5, 5.41) is 11.3. The van der Waals surface area contributed by atoms with Crippen molar-refractivity contribution in [1.82, 2.24) is 4.90 Å². The lowest BCUT2D eigenvalue weighted by molar-refractivity contribution is -0.130. The standard InChI is InChI=1S/C19H23NO4S/c1-4-23-17-13-14(7-8-16(17)24-10-9-20(2)3)12-15(19(21)22)18-6-5-11-25-18/h5-8,11-13H,4,9-10H2,1-3H3,(H,21,22)/b15-12+. The third-order valence-corrected chi connectivity index (χ3v) is 4.29. The van der Waals surface area contributed by atoms with Gasteiger partial charge in [-0.15, -0.1) is 11.3 Å². The van der Waals surface area contributed by atoms with E-state index in [4.69, 9.17) is 9.47 Å². The van der Waals surface area contributed by atoms with E-state index in [1.807, 2.05) is 55.6 Å². The SMILES string of the molecule is CCOc1cc(/C=C(/C(=O)O)c2cccs2)ccc1OCCN(C)C. The Bertz CT molecular complexity index is 723. The number of carboxylic acids is 1. The molecule has 1 N–H and O–H groups in total. The molecular formula is C19H23NO4S. The Morgan fingerprint density at radius 3 is 2.64 bits per heavy atom.